The van der Waals surface area contributed by atoms with Crippen molar-refractivity contribution in [3.63, 3.8) is 0 Å². The Bertz CT molecular complexity index is 2400. The van der Waals surface area contributed by atoms with Crippen LogP contribution in [0, 0.1) is 31.3 Å². The predicted molar refractivity (Wildman–Crippen MR) is 189 cm³/mol. The minimum atomic E-state index is -0.674. The van der Waals surface area contributed by atoms with Gasteiger partial charge in [-0.05, 0) is 85.8 Å². The van der Waals surface area contributed by atoms with Crippen molar-refractivity contribution in [2.24, 2.45) is 0 Å². The third kappa shape index (κ3) is 5.77. The van der Waals surface area contributed by atoms with E-state index < -0.39 is 23.0 Å². The van der Waals surface area contributed by atoms with Crippen LogP contribution >= 0.6 is 0 Å². The molecule has 0 amide bonds. The number of rotatable bonds is 8. The molecular formula is C38H34F3N9O. The van der Waals surface area contributed by atoms with Crippen LogP contribution < -0.4 is 16.2 Å². The van der Waals surface area contributed by atoms with Gasteiger partial charge in [0.1, 0.15) is 11.5 Å². The van der Waals surface area contributed by atoms with Crippen molar-refractivity contribution in [3.05, 3.63) is 130 Å². The molecule has 3 aliphatic rings. The zero-order valence-electron chi connectivity index (χ0n) is 27.9. The van der Waals surface area contributed by atoms with Gasteiger partial charge in [-0.1, -0.05) is 25.0 Å². The number of halogens is 3. The van der Waals surface area contributed by atoms with E-state index in [9.17, 15) is 4.79 Å². The second-order valence-corrected chi connectivity index (χ2v) is 13.0. The lowest BCUT2D eigenvalue weighted by Crippen LogP contribution is -2.35. The van der Waals surface area contributed by atoms with E-state index in [1.165, 1.54) is 18.3 Å². The molecule has 0 bridgehead atoms. The first-order chi connectivity index (χ1) is 24.8. The first kappa shape index (κ1) is 32.2. The van der Waals surface area contributed by atoms with Gasteiger partial charge < -0.3 is 15.2 Å². The first-order valence-corrected chi connectivity index (χ1v) is 16.9. The number of nitrogens with one attached hydrogen (secondary N) is 2. The Balaban J connectivity index is 1.28. The molecule has 5 heterocycles. The van der Waals surface area contributed by atoms with Crippen molar-refractivity contribution in [2.45, 2.75) is 58.2 Å². The molecule has 2 aliphatic heterocycles. The highest BCUT2D eigenvalue weighted by Gasteiger charge is 2.32. The number of hydrogen-bond donors (Lipinski definition) is 2. The summed E-state index contributed by atoms with van der Waals surface area (Å²) in [7, 11) is 0. The Morgan fingerprint density at radius 3 is 2.43 bits per heavy atom. The summed E-state index contributed by atoms with van der Waals surface area (Å²) in [6.45, 7) is 3.53. The first-order valence-electron chi connectivity index (χ1n) is 16.9. The van der Waals surface area contributed by atoms with E-state index in [0.717, 1.165) is 35.2 Å². The fraction of sp³-hybridized carbons (Fsp3) is 0.237. The number of aryl methyl sites for hydroxylation is 2. The van der Waals surface area contributed by atoms with Crippen LogP contribution in [-0.4, -0.2) is 40.1 Å². The zero-order chi connectivity index (χ0) is 35.2. The van der Waals surface area contributed by atoms with Crippen molar-refractivity contribution in [1.82, 2.24) is 34.1 Å². The summed E-state index contributed by atoms with van der Waals surface area (Å²) in [6.07, 6.45) is 11.5. The fourth-order valence-corrected chi connectivity index (χ4v) is 7.02. The van der Waals surface area contributed by atoms with Crippen LogP contribution in [0.4, 0.5) is 24.7 Å². The van der Waals surface area contributed by atoms with Gasteiger partial charge in [-0.3, -0.25) is 4.79 Å². The van der Waals surface area contributed by atoms with E-state index in [2.05, 4.69) is 30.8 Å². The number of hydrogen-bond acceptors (Lipinski definition) is 7. The molecule has 1 aliphatic carbocycles. The van der Waals surface area contributed by atoms with Gasteiger partial charge in [-0.25, -0.2) is 27.8 Å². The third-order valence-electron chi connectivity index (χ3n) is 9.72. The van der Waals surface area contributed by atoms with Crippen molar-refractivity contribution in [1.29, 1.82) is 0 Å². The molecule has 2 unspecified atom stereocenters. The number of aromatic nitrogens is 7. The molecule has 5 aromatic rings. The maximum absolute atomic E-state index is 16.0. The van der Waals surface area contributed by atoms with Crippen LogP contribution in [0.15, 0.2) is 90.4 Å². The molecule has 258 valence electrons. The summed E-state index contributed by atoms with van der Waals surface area (Å²) in [6, 6.07) is 15.2. The molecule has 8 rings (SSSR count). The van der Waals surface area contributed by atoms with Crippen molar-refractivity contribution < 1.29 is 13.2 Å². The lowest BCUT2D eigenvalue weighted by atomic mass is 9.89. The number of fused-ring (bicyclic) bond motifs is 3. The molecule has 51 heavy (non-hydrogen) atoms. The van der Waals surface area contributed by atoms with Gasteiger partial charge in [0.25, 0.3) is 5.56 Å². The second kappa shape index (κ2) is 13.0. The molecule has 10 nitrogen and oxygen atoms in total. The van der Waals surface area contributed by atoms with Crippen molar-refractivity contribution >= 4 is 22.4 Å². The normalized spacial score (nSPS) is 16.2. The molecule has 13 heteroatoms. The minimum Gasteiger partial charge on any atom is -0.378 e. The van der Waals surface area contributed by atoms with Crippen molar-refractivity contribution in [2.75, 3.05) is 10.6 Å². The number of benzene rings is 2. The van der Waals surface area contributed by atoms with E-state index in [0.29, 0.717) is 28.5 Å². The Morgan fingerprint density at radius 2 is 1.65 bits per heavy atom. The van der Waals surface area contributed by atoms with E-state index in [4.69, 9.17) is 0 Å². The van der Waals surface area contributed by atoms with Gasteiger partial charge >= 0.3 is 0 Å². The second-order valence-electron chi connectivity index (χ2n) is 13.0. The van der Waals surface area contributed by atoms with Gasteiger partial charge in [-0.2, -0.15) is 14.9 Å². The van der Waals surface area contributed by atoms with Crippen LogP contribution in [0.5, 0.6) is 0 Å². The summed E-state index contributed by atoms with van der Waals surface area (Å²) in [4.78, 5) is 22.5. The summed E-state index contributed by atoms with van der Waals surface area (Å²) >= 11 is 0. The molecular weight excluding hydrogens is 655 g/mol. The van der Waals surface area contributed by atoms with Gasteiger partial charge in [-0.15, -0.1) is 0 Å². The topological polar surface area (TPSA) is 107 Å². The number of nitrogens with zero attached hydrogens (tertiary/aromatic N) is 7. The maximum atomic E-state index is 16.0. The molecule has 2 atom stereocenters. The van der Waals surface area contributed by atoms with Gasteiger partial charge in [0.2, 0.25) is 0 Å². The molecule has 0 saturated heterocycles. The van der Waals surface area contributed by atoms with E-state index in [1.54, 1.807) is 49.3 Å². The summed E-state index contributed by atoms with van der Waals surface area (Å²) in [5.41, 5.74) is 3.09. The standard InChI is InChI=1S/C38H34F3N9O/c1-22-14-17-42-36(32(22)40)46-28-6-3-4-7-29(28)48-21-26-34(47-50(38(26)51)37-33(41)23(2)15-18-43-37)31-30(48)13-12-27(39)35(31)44-20-24-8-10-25(11-9-24)49-19-5-16-45-49/h5,8-19,21,28-29,44H,3-4,6-7,20H2,1-2H3,(H,42,46). The Labute approximate surface area is 290 Å². The number of pyridine rings is 3. The maximum Gasteiger partial charge on any atom is 0.284 e. The highest BCUT2D eigenvalue weighted by molar-refractivity contribution is 6.03. The largest absolute Gasteiger partial charge is 0.378 e. The molecule has 2 N–H and O–H groups in total. The van der Waals surface area contributed by atoms with Crippen LogP contribution in [0.2, 0.25) is 0 Å². The SMILES string of the molecule is Cc1ccnc(NC2CCCCC2n2cc3c(=O)n(-c4nccc(C)c4F)nc-3c3c(NCc4ccc(-n5cccn5)cc4)c(F)ccc32)c1F. The average Bonchev–Trinajstić information content (AvgIpc) is 3.80. The summed E-state index contributed by atoms with van der Waals surface area (Å²) in [5, 5.41) is 15.9. The van der Waals surface area contributed by atoms with Gasteiger partial charge in [0.05, 0.1) is 33.9 Å². The molecule has 1 saturated carbocycles. The lowest BCUT2D eigenvalue weighted by Gasteiger charge is -2.36. The molecule has 0 radical (unpaired) electrons. The van der Waals surface area contributed by atoms with E-state index >= 15 is 13.2 Å². The molecule has 1 fully saturated rings. The quantitative estimate of drug-likeness (QED) is 0.170. The van der Waals surface area contributed by atoms with E-state index in [1.807, 2.05) is 41.1 Å². The summed E-state index contributed by atoms with van der Waals surface area (Å²) in [5.74, 6) is -1.72. The van der Waals surface area contributed by atoms with Crippen LogP contribution in [-0.2, 0) is 6.54 Å². The predicted octanol–water partition coefficient (Wildman–Crippen LogP) is 7.51. The van der Waals surface area contributed by atoms with Gasteiger partial charge in [0, 0.05) is 43.6 Å². The monoisotopic (exact) mass is 689 g/mol. The van der Waals surface area contributed by atoms with Crippen LogP contribution in [0.1, 0.15) is 48.4 Å². The van der Waals surface area contributed by atoms with Crippen LogP contribution in [0.3, 0.4) is 0 Å². The van der Waals surface area contributed by atoms with Crippen LogP contribution in [0.25, 0.3) is 33.7 Å². The Hall–Kier alpha value is -5.98. The highest BCUT2D eigenvalue weighted by atomic mass is 19.1. The smallest absolute Gasteiger partial charge is 0.284 e. The van der Waals surface area contributed by atoms with Gasteiger partial charge in [0.15, 0.2) is 23.3 Å². The molecule has 2 aromatic carbocycles. The third-order valence-corrected chi connectivity index (χ3v) is 9.72. The molecule has 0 spiro atoms. The number of anilines is 2. The fourth-order valence-electron chi connectivity index (χ4n) is 7.02. The lowest BCUT2D eigenvalue weighted by molar-refractivity contribution is 0.327. The van der Waals surface area contributed by atoms with Crippen molar-refractivity contribution in [3.8, 4) is 22.8 Å². The molecule has 3 aromatic heterocycles. The minimum absolute atomic E-state index is 0.150. The highest BCUT2D eigenvalue weighted by Crippen LogP contribution is 2.40. The average molecular weight is 690 g/mol. The Kier molecular flexibility index (Phi) is 8.25. The zero-order valence-corrected chi connectivity index (χ0v) is 27.9. The van der Waals surface area contributed by atoms with E-state index in [-0.39, 0.29) is 47.2 Å². The summed E-state index contributed by atoms with van der Waals surface area (Å²) < 4.78 is 51.2. The Morgan fingerprint density at radius 1 is 0.882 bits per heavy atom.